The number of fused-ring (bicyclic) bond motifs is 3. The molecule has 0 spiro atoms. The first-order valence-corrected chi connectivity index (χ1v) is 10.8. The summed E-state index contributed by atoms with van der Waals surface area (Å²) < 4.78 is 0. The van der Waals surface area contributed by atoms with Crippen LogP contribution in [0.15, 0.2) is 24.5 Å². The van der Waals surface area contributed by atoms with Crippen LogP contribution in [0.5, 0.6) is 0 Å². The van der Waals surface area contributed by atoms with E-state index in [0.29, 0.717) is 6.04 Å². The molecule has 3 aromatic heterocycles. The molecule has 5 nitrogen and oxygen atoms in total. The lowest BCUT2D eigenvalue weighted by Crippen LogP contribution is -2.41. The zero-order chi connectivity index (χ0) is 18.2. The van der Waals surface area contributed by atoms with Crippen molar-refractivity contribution in [2.75, 3.05) is 25.0 Å². The number of nitrogens with one attached hydrogen (secondary N) is 1. The summed E-state index contributed by atoms with van der Waals surface area (Å²) in [4.78, 5) is 19.4. The quantitative estimate of drug-likeness (QED) is 0.750. The van der Waals surface area contributed by atoms with Gasteiger partial charge in [-0.3, -0.25) is 4.98 Å². The van der Waals surface area contributed by atoms with E-state index >= 15 is 0 Å². The molecule has 1 saturated heterocycles. The van der Waals surface area contributed by atoms with E-state index in [1.165, 1.54) is 54.4 Å². The number of aryl methyl sites for hydroxylation is 2. The van der Waals surface area contributed by atoms with E-state index in [9.17, 15) is 0 Å². The third kappa shape index (κ3) is 3.11. The SMILES string of the molecule is CNC1CCN(c2nc(-c3ccncc3)nc3sc4c(c23)CCCC4)CC1. The molecular weight excluding hydrogens is 354 g/mol. The fourth-order valence-electron chi connectivity index (χ4n) is 4.38. The average Bonchev–Trinajstić information content (AvgIpc) is 3.12. The third-order valence-corrected chi connectivity index (χ3v) is 7.12. The maximum Gasteiger partial charge on any atom is 0.163 e. The lowest BCUT2D eigenvalue weighted by molar-refractivity contribution is 0.441. The third-order valence-electron chi connectivity index (χ3n) is 5.94. The summed E-state index contributed by atoms with van der Waals surface area (Å²) in [5.74, 6) is 1.98. The van der Waals surface area contributed by atoms with Crippen molar-refractivity contribution >= 4 is 27.4 Å². The molecule has 0 unspecified atom stereocenters. The molecule has 140 valence electrons. The maximum absolute atomic E-state index is 5.10. The Bertz CT molecular complexity index is 944. The molecule has 4 heterocycles. The van der Waals surface area contributed by atoms with Crippen molar-refractivity contribution in [3.05, 3.63) is 35.0 Å². The first-order valence-electron chi connectivity index (χ1n) is 9.98. The summed E-state index contributed by atoms with van der Waals surface area (Å²) in [6.45, 7) is 2.11. The van der Waals surface area contributed by atoms with Crippen molar-refractivity contribution < 1.29 is 0 Å². The van der Waals surface area contributed by atoms with Crippen LogP contribution in [0.4, 0.5) is 5.82 Å². The molecule has 0 saturated carbocycles. The smallest absolute Gasteiger partial charge is 0.163 e. The van der Waals surface area contributed by atoms with E-state index in [0.717, 1.165) is 35.1 Å². The molecule has 0 radical (unpaired) electrons. The molecule has 3 aromatic rings. The lowest BCUT2D eigenvalue weighted by Gasteiger charge is -2.33. The average molecular weight is 380 g/mol. The normalized spacial score (nSPS) is 18.0. The standard InChI is InChI=1S/C21H25N5S/c1-22-15-8-12-26(13-9-15)20-18-16-4-2-3-5-17(16)27-21(18)25-19(24-20)14-6-10-23-11-7-14/h6-7,10-11,15,22H,2-5,8-9,12-13H2,1H3. The highest BCUT2D eigenvalue weighted by Crippen LogP contribution is 2.41. The summed E-state index contributed by atoms with van der Waals surface area (Å²) >= 11 is 1.89. The maximum atomic E-state index is 5.10. The van der Waals surface area contributed by atoms with Crippen molar-refractivity contribution in [2.45, 2.75) is 44.6 Å². The second-order valence-electron chi connectivity index (χ2n) is 7.55. The van der Waals surface area contributed by atoms with Gasteiger partial charge in [0.05, 0.1) is 5.39 Å². The van der Waals surface area contributed by atoms with Crippen LogP contribution in [0.2, 0.25) is 0 Å². The van der Waals surface area contributed by atoms with Gasteiger partial charge in [0, 0.05) is 42.0 Å². The fraction of sp³-hybridized carbons (Fsp3) is 0.476. The van der Waals surface area contributed by atoms with Crippen LogP contribution in [0.3, 0.4) is 0 Å². The highest BCUT2D eigenvalue weighted by Gasteiger charge is 2.26. The van der Waals surface area contributed by atoms with Crippen LogP contribution in [0.25, 0.3) is 21.6 Å². The number of hydrogen-bond acceptors (Lipinski definition) is 6. The Morgan fingerprint density at radius 1 is 1.07 bits per heavy atom. The molecule has 1 aliphatic carbocycles. The zero-order valence-corrected chi connectivity index (χ0v) is 16.6. The Labute approximate surface area is 163 Å². The van der Waals surface area contributed by atoms with E-state index < -0.39 is 0 Å². The predicted molar refractivity (Wildman–Crippen MR) is 112 cm³/mol. The Balaban J connectivity index is 1.65. The number of hydrogen-bond donors (Lipinski definition) is 1. The molecule has 1 aliphatic heterocycles. The number of aromatic nitrogens is 3. The largest absolute Gasteiger partial charge is 0.356 e. The van der Waals surface area contributed by atoms with Gasteiger partial charge in [0.1, 0.15) is 10.6 Å². The molecule has 0 atom stereocenters. The molecular formula is C21H25N5S. The van der Waals surface area contributed by atoms with Crippen molar-refractivity contribution in [3.63, 3.8) is 0 Å². The minimum atomic E-state index is 0.620. The predicted octanol–water partition coefficient (Wildman–Crippen LogP) is 3.82. The number of nitrogens with zero attached hydrogens (tertiary/aromatic N) is 4. The molecule has 6 heteroatoms. The second kappa shape index (κ2) is 7.17. The van der Waals surface area contributed by atoms with E-state index in [-0.39, 0.29) is 0 Å². The van der Waals surface area contributed by atoms with Gasteiger partial charge in [0.25, 0.3) is 0 Å². The van der Waals surface area contributed by atoms with Crippen molar-refractivity contribution in [1.82, 2.24) is 20.3 Å². The van der Waals surface area contributed by atoms with Crippen LogP contribution in [0, 0.1) is 0 Å². The summed E-state index contributed by atoms with van der Waals surface area (Å²) in [6.07, 6.45) is 10.9. The first kappa shape index (κ1) is 17.1. The van der Waals surface area contributed by atoms with Gasteiger partial charge in [-0.25, -0.2) is 9.97 Å². The van der Waals surface area contributed by atoms with Crippen LogP contribution >= 0.6 is 11.3 Å². The van der Waals surface area contributed by atoms with E-state index in [1.54, 1.807) is 0 Å². The lowest BCUT2D eigenvalue weighted by atomic mass is 9.96. The van der Waals surface area contributed by atoms with E-state index in [2.05, 4.69) is 22.2 Å². The van der Waals surface area contributed by atoms with Crippen molar-refractivity contribution in [1.29, 1.82) is 0 Å². The highest BCUT2D eigenvalue weighted by atomic mass is 32.1. The van der Waals surface area contributed by atoms with Crippen LogP contribution < -0.4 is 10.2 Å². The number of anilines is 1. The summed E-state index contributed by atoms with van der Waals surface area (Å²) in [6, 6.07) is 4.63. The Morgan fingerprint density at radius 2 is 1.85 bits per heavy atom. The first-order chi connectivity index (χ1) is 13.3. The number of piperidine rings is 1. The Kier molecular flexibility index (Phi) is 4.53. The van der Waals surface area contributed by atoms with Gasteiger partial charge in [-0.2, -0.15) is 0 Å². The van der Waals surface area contributed by atoms with Gasteiger partial charge in [-0.15, -0.1) is 11.3 Å². The molecule has 1 fully saturated rings. The van der Waals surface area contributed by atoms with Gasteiger partial charge >= 0.3 is 0 Å². The van der Waals surface area contributed by atoms with Gasteiger partial charge in [-0.05, 0) is 63.3 Å². The highest BCUT2D eigenvalue weighted by molar-refractivity contribution is 7.19. The minimum Gasteiger partial charge on any atom is -0.356 e. The summed E-state index contributed by atoms with van der Waals surface area (Å²) in [5.41, 5.74) is 2.57. The van der Waals surface area contributed by atoms with Crippen LogP contribution in [0.1, 0.15) is 36.1 Å². The summed E-state index contributed by atoms with van der Waals surface area (Å²) in [7, 11) is 2.07. The fourth-order valence-corrected chi connectivity index (χ4v) is 5.63. The molecule has 2 aliphatic rings. The van der Waals surface area contributed by atoms with E-state index in [4.69, 9.17) is 9.97 Å². The van der Waals surface area contributed by atoms with Gasteiger partial charge in [0.2, 0.25) is 0 Å². The minimum absolute atomic E-state index is 0.620. The zero-order valence-electron chi connectivity index (χ0n) is 15.7. The van der Waals surface area contributed by atoms with Crippen LogP contribution in [-0.2, 0) is 12.8 Å². The number of pyridine rings is 1. The van der Waals surface area contributed by atoms with Crippen LogP contribution in [-0.4, -0.2) is 41.1 Å². The second-order valence-corrected chi connectivity index (χ2v) is 8.63. The molecule has 27 heavy (non-hydrogen) atoms. The van der Waals surface area contributed by atoms with Crippen molar-refractivity contribution in [2.24, 2.45) is 0 Å². The number of thiophene rings is 1. The molecule has 1 N–H and O–H groups in total. The van der Waals surface area contributed by atoms with Crippen molar-refractivity contribution in [3.8, 4) is 11.4 Å². The Morgan fingerprint density at radius 3 is 2.63 bits per heavy atom. The molecule has 5 rings (SSSR count). The molecule has 0 bridgehead atoms. The van der Waals surface area contributed by atoms with Gasteiger partial charge < -0.3 is 10.2 Å². The number of rotatable bonds is 3. The van der Waals surface area contributed by atoms with E-state index in [1.807, 2.05) is 35.9 Å². The Hall–Kier alpha value is -2.05. The van der Waals surface area contributed by atoms with Gasteiger partial charge in [0.15, 0.2) is 5.82 Å². The summed E-state index contributed by atoms with van der Waals surface area (Å²) in [5, 5.41) is 4.76. The topological polar surface area (TPSA) is 53.9 Å². The molecule has 0 amide bonds. The molecule has 0 aromatic carbocycles. The van der Waals surface area contributed by atoms with Gasteiger partial charge in [-0.1, -0.05) is 0 Å². The monoisotopic (exact) mass is 379 g/mol.